The number of carbonyl (C=O) groups excluding carboxylic acids is 2. The number of hydrogen-bond acceptors (Lipinski definition) is 4. The van der Waals surface area contributed by atoms with Crippen molar-refractivity contribution < 1.29 is 19.1 Å². The van der Waals surface area contributed by atoms with E-state index in [1.165, 1.54) is 11.1 Å². The van der Waals surface area contributed by atoms with Gasteiger partial charge in [0.05, 0.1) is 19.3 Å². The standard InChI is InChI=1S/C36H46N2O4/c1-36(2,3)42-35(40)38-26-32(41-27-30-19-11-6-12-20-30)25-33(38)34(39)37-31(23-13-21-28-15-7-4-8-16-28)24-14-22-29-17-9-5-10-18-29/h4-12,15-20,31-33H,13-14,21-27H2,1-3H3,(H,37,39)/t32?,33-/m0/s1. The summed E-state index contributed by atoms with van der Waals surface area (Å²) in [5.41, 5.74) is 3.01. The van der Waals surface area contributed by atoms with Crippen LogP contribution in [0.15, 0.2) is 91.0 Å². The maximum Gasteiger partial charge on any atom is 0.411 e. The van der Waals surface area contributed by atoms with Gasteiger partial charge in [-0.3, -0.25) is 9.69 Å². The number of carbonyl (C=O) groups is 2. The summed E-state index contributed by atoms with van der Waals surface area (Å²) < 4.78 is 11.9. The highest BCUT2D eigenvalue weighted by Gasteiger charge is 2.42. The fourth-order valence-electron chi connectivity index (χ4n) is 5.46. The van der Waals surface area contributed by atoms with Gasteiger partial charge in [0.2, 0.25) is 5.91 Å². The van der Waals surface area contributed by atoms with Crippen LogP contribution in [0.25, 0.3) is 0 Å². The van der Waals surface area contributed by atoms with E-state index in [2.05, 4.69) is 53.8 Å². The van der Waals surface area contributed by atoms with Crippen LogP contribution in [0.5, 0.6) is 0 Å². The Hall–Kier alpha value is -3.64. The lowest BCUT2D eigenvalue weighted by Gasteiger charge is -2.29. The first-order valence-electron chi connectivity index (χ1n) is 15.3. The van der Waals surface area contributed by atoms with Crippen molar-refractivity contribution in [3.63, 3.8) is 0 Å². The first kappa shape index (κ1) is 31.3. The number of ether oxygens (including phenoxy) is 2. The highest BCUT2D eigenvalue weighted by Crippen LogP contribution is 2.25. The number of amides is 2. The van der Waals surface area contributed by atoms with Gasteiger partial charge in [-0.15, -0.1) is 0 Å². The highest BCUT2D eigenvalue weighted by molar-refractivity contribution is 5.86. The van der Waals surface area contributed by atoms with Gasteiger partial charge >= 0.3 is 6.09 Å². The number of hydrogen-bond donors (Lipinski definition) is 1. The second-order valence-corrected chi connectivity index (χ2v) is 12.3. The van der Waals surface area contributed by atoms with E-state index in [1.54, 1.807) is 4.90 Å². The van der Waals surface area contributed by atoms with E-state index in [1.807, 2.05) is 63.2 Å². The van der Waals surface area contributed by atoms with E-state index >= 15 is 0 Å². The van der Waals surface area contributed by atoms with Crippen molar-refractivity contribution in [3.05, 3.63) is 108 Å². The average Bonchev–Trinajstić information content (AvgIpc) is 3.42. The number of rotatable bonds is 13. The maximum absolute atomic E-state index is 13.8. The summed E-state index contributed by atoms with van der Waals surface area (Å²) >= 11 is 0. The molecule has 1 aliphatic rings. The minimum absolute atomic E-state index is 0.0229. The van der Waals surface area contributed by atoms with Crippen LogP contribution in [0.2, 0.25) is 0 Å². The van der Waals surface area contributed by atoms with Crippen LogP contribution in [0, 0.1) is 0 Å². The number of benzene rings is 3. The Morgan fingerprint density at radius 3 is 1.81 bits per heavy atom. The molecule has 42 heavy (non-hydrogen) atoms. The second-order valence-electron chi connectivity index (χ2n) is 12.3. The summed E-state index contributed by atoms with van der Waals surface area (Å²) in [6.45, 7) is 6.29. The smallest absolute Gasteiger partial charge is 0.411 e. The fourth-order valence-corrected chi connectivity index (χ4v) is 5.46. The van der Waals surface area contributed by atoms with E-state index in [0.29, 0.717) is 19.6 Å². The first-order valence-corrected chi connectivity index (χ1v) is 15.3. The molecule has 0 saturated carbocycles. The molecule has 6 heteroatoms. The second kappa shape index (κ2) is 15.5. The van der Waals surface area contributed by atoms with Crippen molar-refractivity contribution in [2.45, 2.75) is 96.1 Å². The summed E-state index contributed by atoms with van der Waals surface area (Å²) in [5.74, 6) is -0.129. The zero-order chi connectivity index (χ0) is 29.8. The first-order chi connectivity index (χ1) is 20.3. The van der Waals surface area contributed by atoms with Crippen LogP contribution in [0.3, 0.4) is 0 Å². The van der Waals surface area contributed by atoms with Crippen molar-refractivity contribution in [2.75, 3.05) is 6.54 Å². The van der Waals surface area contributed by atoms with Gasteiger partial charge in [-0.05, 0) is 76.0 Å². The minimum Gasteiger partial charge on any atom is -0.444 e. The Balaban J connectivity index is 1.41. The van der Waals surface area contributed by atoms with Crippen molar-refractivity contribution in [1.29, 1.82) is 0 Å². The number of likely N-dealkylation sites (tertiary alicyclic amines) is 1. The third kappa shape index (κ3) is 10.3. The third-order valence-corrected chi connectivity index (χ3v) is 7.59. The Morgan fingerprint density at radius 2 is 1.31 bits per heavy atom. The van der Waals surface area contributed by atoms with Gasteiger partial charge in [-0.2, -0.15) is 0 Å². The lowest BCUT2D eigenvalue weighted by molar-refractivity contribution is -0.126. The predicted octanol–water partition coefficient (Wildman–Crippen LogP) is 7.11. The normalized spacial score (nSPS) is 16.9. The molecular formula is C36H46N2O4. The van der Waals surface area contributed by atoms with Crippen LogP contribution in [0.1, 0.15) is 69.6 Å². The van der Waals surface area contributed by atoms with Crippen LogP contribution in [0.4, 0.5) is 4.79 Å². The Bertz CT molecular complexity index is 1180. The Morgan fingerprint density at radius 1 is 0.810 bits per heavy atom. The van der Waals surface area contributed by atoms with Crippen LogP contribution in [-0.4, -0.2) is 47.2 Å². The zero-order valence-corrected chi connectivity index (χ0v) is 25.3. The van der Waals surface area contributed by atoms with Crippen LogP contribution in [-0.2, 0) is 33.7 Å². The molecule has 0 spiro atoms. The van der Waals surface area contributed by atoms with Gasteiger partial charge in [0.15, 0.2) is 0 Å². The molecule has 0 aromatic heterocycles. The van der Waals surface area contributed by atoms with E-state index in [9.17, 15) is 9.59 Å². The monoisotopic (exact) mass is 570 g/mol. The molecule has 0 bridgehead atoms. The van der Waals surface area contributed by atoms with E-state index in [0.717, 1.165) is 44.1 Å². The van der Waals surface area contributed by atoms with Crippen LogP contribution >= 0.6 is 0 Å². The largest absolute Gasteiger partial charge is 0.444 e. The number of nitrogens with zero attached hydrogens (tertiary/aromatic N) is 1. The number of aryl methyl sites for hydroxylation is 2. The van der Waals surface area contributed by atoms with E-state index in [-0.39, 0.29) is 18.1 Å². The Labute approximate surface area is 251 Å². The molecule has 224 valence electrons. The quantitative estimate of drug-likeness (QED) is 0.238. The molecule has 1 unspecified atom stereocenters. The van der Waals surface area contributed by atoms with Gasteiger partial charge < -0.3 is 14.8 Å². The molecule has 0 aliphatic carbocycles. The highest BCUT2D eigenvalue weighted by atomic mass is 16.6. The van der Waals surface area contributed by atoms with Crippen molar-refractivity contribution in [1.82, 2.24) is 10.2 Å². The summed E-state index contributed by atoms with van der Waals surface area (Å²) in [7, 11) is 0. The van der Waals surface area contributed by atoms with Crippen LogP contribution < -0.4 is 5.32 Å². The summed E-state index contributed by atoms with van der Waals surface area (Å²) in [4.78, 5) is 28.6. The van der Waals surface area contributed by atoms with Crippen molar-refractivity contribution in [3.8, 4) is 0 Å². The maximum atomic E-state index is 13.8. The van der Waals surface area contributed by atoms with E-state index in [4.69, 9.17) is 9.47 Å². The molecule has 2 atom stereocenters. The predicted molar refractivity (Wildman–Crippen MR) is 167 cm³/mol. The van der Waals surface area contributed by atoms with E-state index < -0.39 is 17.7 Å². The summed E-state index contributed by atoms with van der Waals surface area (Å²) in [6, 6.07) is 30.3. The molecule has 1 fully saturated rings. The molecular weight excluding hydrogens is 524 g/mol. The number of nitrogens with one attached hydrogen (secondary N) is 1. The zero-order valence-electron chi connectivity index (χ0n) is 25.3. The molecule has 1 heterocycles. The molecule has 3 aromatic carbocycles. The van der Waals surface area contributed by atoms with Crippen molar-refractivity contribution in [2.24, 2.45) is 0 Å². The molecule has 1 saturated heterocycles. The van der Waals surface area contributed by atoms with Gasteiger partial charge in [-0.1, -0.05) is 91.0 Å². The fraction of sp³-hybridized carbons (Fsp3) is 0.444. The molecule has 6 nitrogen and oxygen atoms in total. The molecule has 1 aliphatic heterocycles. The molecule has 3 aromatic rings. The minimum atomic E-state index is -0.654. The van der Waals surface area contributed by atoms with Gasteiger partial charge in [0, 0.05) is 12.5 Å². The van der Waals surface area contributed by atoms with Gasteiger partial charge in [0.25, 0.3) is 0 Å². The third-order valence-electron chi connectivity index (χ3n) is 7.59. The molecule has 0 radical (unpaired) electrons. The van der Waals surface area contributed by atoms with Crippen molar-refractivity contribution >= 4 is 12.0 Å². The average molecular weight is 571 g/mol. The van der Waals surface area contributed by atoms with Gasteiger partial charge in [0.1, 0.15) is 11.6 Å². The molecule has 2 amide bonds. The summed E-state index contributed by atoms with van der Waals surface area (Å²) in [5, 5.41) is 3.33. The molecule has 4 rings (SSSR count). The Kier molecular flexibility index (Phi) is 11.6. The topological polar surface area (TPSA) is 67.9 Å². The lowest BCUT2D eigenvalue weighted by Crippen LogP contribution is -2.50. The molecule has 1 N–H and O–H groups in total. The summed E-state index contributed by atoms with van der Waals surface area (Å²) in [6.07, 6.45) is 5.36. The SMILES string of the molecule is CC(C)(C)OC(=O)N1CC(OCc2ccccc2)C[C@H]1C(=O)NC(CCCc1ccccc1)CCCc1ccccc1. The van der Waals surface area contributed by atoms with Gasteiger partial charge in [-0.25, -0.2) is 4.79 Å². The lowest BCUT2D eigenvalue weighted by atomic mass is 9.98.